The Hall–Kier alpha value is -2.26. The fourth-order valence-electron chi connectivity index (χ4n) is 3.44. The van der Waals surface area contributed by atoms with Crippen molar-refractivity contribution < 1.29 is 17.7 Å². The van der Waals surface area contributed by atoms with Crippen LogP contribution in [0.4, 0.5) is 0 Å². The fourth-order valence-corrected chi connectivity index (χ4v) is 4.90. The third kappa shape index (κ3) is 3.81. The van der Waals surface area contributed by atoms with Crippen molar-refractivity contribution in [3.8, 4) is 11.4 Å². The van der Waals surface area contributed by atoms with Crippen LogP contribution in [0, 0.1) is 6.92 Å². The molecule has 1 saturated carbocycles. The second-order valence-corrected chi connectivity index (χ2v) is 9.27. The van der Waals surface area contributed by atoms with Crippen molar-refractivity contribution in [3.63, 3.8) is 0 Å². The summed E-state index contributed by atoms with van der Waals surface area (Å²) in [6.45, 7) is 4.66. The predicted molar refractivity (Wildman–Crippen MR) is 102 cm³/mol. The molecule has 0 unspecified atom stereocenters. The summed E-state index contributed by atoms with van der Waals surface area (Å²) in [5.74, 6) is 1.11. The first-order chi connectivity index (χ1) is 13.3. The molecule has 1 aliphatic carbocycles. The monoisotopic (exact) mass is 404 g/mol. The normalized spacial score (nSPS) is 18.4. The van der Waals surface area contributed by atoms with Crippen LogP contribution < -0.4 is 4.72 Å². The van der Waals surface area contributed by atoms with Crippen molar-refractivity contribution in [3.05, 3.63) is 29.7 Å². The molecule has 150 valence electrons. The minimum Gasteiger partial charge on any atom is -0.341 e. The van der Waals surface area contributed by atoms with Gasteiger partial charge in [-0.15, -0.1) is 0 Å². The smallest absolute Gasteiger partial charge is 0.241 e. The first-order valence-corrected chi connectivity index (χ1v) is 11.1. The summed E-state index contributed by atoms with van der Waals surface area (Å²) in [6, 6.07) is 4.20. The SMILES string of the molecule is Cc1ccc(-c2noc(C3CC3)n2)cc1S(=O)(=O)N[C@@H](C)C(=O)N1CCCC1. The Morgan fingerprint density at radius 2 is 2.00 bits per heavy atom. The molecule has 0 bridgehead atoms. The zero-order valence-corrected chi connectivity index (χ0v) is 16.8. The van der Waals surface area contributed by atoms with Crippen molar-refractivity contribution in [1.82, 2.24) is 19.8 Å². The number of likely N-dealkylation sites (tertiary alicyclic amines) is 1. The Balaban J connectivity index is 1.56. The maximum absolute atomic E-state index is 12.9. The minimum atomic E-state index is -3.88. The van der Waals surface area contributed by atoms with E-state index in [0.717, 1.165) is 25.7 Å². The molecule has 28 heavy (non-hydrogen) atoms. The molecule has 1 aliphatic heterocycles. The lowest BCUT2D eigenvalue weighted by molar-refractivity contribution is -0.131. The van der Waals surface area contributed by atoms with Gasteiger partial charge in [-0.25, -0.2) is 8.42 Å². The molecule has 1 saturated heterocycles. The highest BCUT2D eigenvalue weighted by Crippen LogP contribution is 2.39. The number of carbonyl (C=O) groups is 1. The van der Waals surface area contributed by atoms with Crippen LogP contribution in [0.15, 0.2) is 27.6 Å². The number of nitrogens with one attached hydrogen (secondary N) is 1. The zero-order valence-electron chi connectivity index (χ0n) is 16.0. The van der Waals surface area contributed by atoms with Gasteiger partial charge in [0.15, 0.2) is 0 Å². The molecule has 1 N–H and O–H groups in total. The summed E-state index contributed by atoms with van der Waals surface area (Å²) in [4.78, 5) is 18.7. The highest BCUT2D eigenvalue weighted by atomic mass is 32.2. The van der Waals surface area contributed by atoms with Gasteiger partial charge >= 0.3 is 0 Å². The maximum atomic E-state index is 12.9. The van der Waals surface area contributed by atoms with E-state index in [0.29, 0.717) is 41.8 Å². The number of carbonyl (C=O) groups excluding carboxylic acids is 1. The van der Waals surface area contributed by atoms with Crippen LogP contribution in [-0.4, -0.2) is 48.5 Å². The highest BCUT2D eigenvalue weighted by Gasteiger charge is 2.31. The Morgan fingerprint density at radius 1 is 1.29 bits per heavy atom. The molecule has 2 aliphatic rings. The van der Waals surface area contributed by atoms with Crippen LogP contribution in [0.3, 0.4) is 0 Å². The maximum Gasteiger partial charge on any atom is 0.241 e. The predicted octanol–water partition coefficient (Wildman–Crippen LogP) is 2.21. The lowest BCUT2D eigenvalue weighted by Crippen LogP contribution is -2.45. The lowest BCUT2D eigenvalue weighted by Gasteiger charge is -2.21. The molecule has 2 heterocycles. The average Bonchev–Trinajstić information content (AvgIpc) is 3.16. The van der Waals surface area contributed by atoms with E-state index in [-0.39, 0.29) is 10.8 Å². The third-order valence-corrected chi connectivity index (χ3v) is 6.91. The van der Waals surface area contributed by atoms with Crippen LogP contribution in [0.2, 0.25) is 0 Å². The van der Waals surface area contributed by atoms with Crippen LogP contribution in [0.5, 0.6) is 0 Å². The van der Waals surface area contributed by atoms with Crippen LogP contribution in [0.25, 0.3) is 11.4 Å². The molecule has 1 amide bonds. The van der Waals surface area contributed by atoms with Crippen molar-refractivity contribution in [2.75, 3.05) is 13.1 Å². The third-order valence-electron chi connectivity index (χ3n) is 5.22. The van der Waals surface area contributed by atoms with Gasteiger partial charge in [0, 0.05) is 24.6 Å². The summed E-state index contributed by atoms with van der Waals surface area (Å²) in [6.07, 6.45) is 4.00. The molecule has 4 rings (SSSR count). The van der Waals surface area contributed by atoms with E-state index < -0.39 is 16.1 Å². The van der Waals surface area contributed by atoms with Gasteiger partial charge in [0.25, 0.3) is 0 Å². The average molecular weight is 404 g/mol. The van der Waals surface area contributed by atoms with Gasteiger partial charge in [0.1, 0.15) is 0 Å². The van der Waals surface area contributed by atoms with Crippen molar-refractivity contribution >= 4 is 15.9 Å². The van der Waals surface area contributed by atoms with Crippen LogP contribution >= 0.6 is 0 Å². The first kappa shape index (κ1) is 19.1. The Labute approximate surface area is 164 Å². The van der Waals surface area contributed by atoms with E-state index in [1.807, 2.05) is 0 Å². The number of rotatable bonds is 6. The molecule has 0 spiro atoms. The van der Waals surface area contributed by atoms with Crippen LogP contribution in [-0.2, 0) is 14.8 Å². The Kier molecular flexibility index (Phi) is 4.96. The molecule has 2 aromatic rings. The number of hydrogen-bond donors (Lipinski definition) is 1. The topological polar surface area (TPSA) is 105 Å². The van der Waals surface area contributed by atoms with Gasteiger partial charge in [0.05, 0.1) is 10.9 Å². The van der Waals surface area contributed by atoms with Crippen molar-refractivity contribution in [2.45, 2.75) is 56.4 Å². The summed E-state index contributed by atoms with van der Waals surface area (Å²) < 4.78 is 33.7. The van der Waals surface area contributed by atoms with E-state index >= 15 is 0 Å². The minimum absolute atomic E-state index is 0.115. The van der Waals surface area contributed by atoms with Gasteiger partial charge in [-0.2, -0.15) is 9.71 Å². The van der Waals surface area contributed by atoms with E-state index in [4.69, 9.17) is 4.52 Å². The second-order valence-electron chi connectivity index (χ2n) is 7.59. The van der Waals surface area contributed by atoms with Gasteiger partial charge in [-0.05, 0) is 51.2 Å². The lowest BCUT2D eigenvalue weighted by atomic mass is 10.1. The molecule has 1 atom stereocenters. The fraction of sp³-hybridized carbons (Fsp3) is 0.526. The number of amides is 1. The zero-order chi connectivity index (χ0) is 19.9. The van der Waals surface area contributed by atoms with Gasteiger partial charge < -0.3 is 9.42 Å². The van der Waals surface area contributed by atoms with E-state index in [1.165, 1.54) is 6.07 Å². The molecule has 1 aromatic heterocycles. The Bertz CT molecular complexity index is 991. The largest absolute Gasteiger partial charge is 0.341 e. The molecule has 0 radical (unpaired) electrons. The van der Waals surface area contributed by atoms with Crippen molar-refractivity contribution in [1.29, 1.82) is 0 Å². The first-order valence-electron chi connectivity index (χ1n) is 9.61. The number of aryl methyl sites for hydroxylation is 1. The van der Waals surface area contributed by atoms with Gasteiger partial charge in [-0.1, -0.05) is 17.3 Å². The van der Waals surface area contributed by atoms with Gasteiger partial charge in [-0.3, -0.25) is 4.79 Å². The summed E-state index contributed by atoms with van der Waals surface area (Å²) in [5, 5.41) is 3.98. The second kappa shape index (κ2) is 7.29. The Morgan fingerprint density at radius 3 is 2.68 bits per heavy atom. The van der Waals surface area contributed by atoms with E-state index in [1.54, 1.807) is 30.9 Å². The molecule has 9 heteroatoms. The van der Waals surface area contributed by atoms with Crippen molar-refractivity contribution in [2.24, 2.45) is 0 Å². The number of nitrogens with zero attached hydrogens (tertiary/aromatic N) is 3. The number of aromatic nitrogens is 2. The number of hydrogen-bond acceptors (Lipinski definition) is 6. The van der Waals surface area contributed by atoms with Gasteiger partial charge in [0.2, 0.25) is 27.6 Å². The number of sulfonamides is 1. The summed E-state index contributed by atoms with van der Waals surface area (Å²) in [7, 11) is -3.88. The summed E-state index contributed by atoms with van der Waals surface area (Å²) >= 11 is 0. The standard InChI is InChI=1S/C19H24N4O4S/c1-12-5-6-15(17-20-18(27-21-17)14-7-8-14)11-16(12)28(25,26)22-13(2)19(24)23-9-3-4-10-23/h5-6,11,13-14,22H,3-4,7-10H2,1-2H3/t13-/m0/s1. The molecular formula is C19H24N4O4S. The van der Waals surface area contributed by atoms with E-state index in [9.17, 15) is 13.2 Å². The van der Waals surface area contributed by atoms with Crippen LogP contribution in [0.1, 0.15) is 50.0 Å². The van der Waals surface area contributed by atoms with E-state index in [2.05, 4.69) is 14.9 Å². The molecular weight excluding hydrogens is 380 g/mol. The molecule has 2 fully saturated rings. The highest BCUT2D eigenvalue weighted by molar-refractivity contribution is 7.89. The quantitative estimate of drug-likeness (QED) is 0.791. The summed E-state index contributed by atoms with van der Waals surface area (Å²) in [5.41, 5.74) is 1.16. The number of benzene rings is 1. The molecule has 1 aromatic carbocycles. The molecule has 8 nitrogen and oxygen atoms in total.